The zero-order valence-corrected chi connectivity index (χ0v) is 15.4. The number of aliphatic hydroxyl groups excluding tert-OH is 1. The van der Waals surface area contributed by atoms with Gasteiger partial charge in [-0.15, -0.1) is 0 Å². The summed E-state index contributed by atoms with van der Waals surface area (Å²) < 4.78 is 5.31. The molecule has 144 valence electrons. The summed E-state index contributed by atoms with van der Waals surface area (Å²) in [6, 6.07) is 18.4. The van der Waals surface area contributed by atoms with Gasteiger partial charge in [-0.2, -0.15) is 0 Å². The molecular formula is C21H27N3O3. The third kappa shape index (κ3) is 6.06. The maximum atomic E-state index is 12.3. The molecule has 1 heterocycles. The van der Waals surface area contributed by atoms with E-state index in [0.717, 1.165) is 37.1 Å². The highest BCUT2D eigenvalue weighted by Gasteiger charge is 2.24. The molecule has 1 fully saturated rings. The van der Waals surface area contributed by atoms with Gasteiger partial charge >= 0.3 is 6.09 Å². The van der Waals surface area contributed by atoms with Crippen molar-refractivity contribution in [3.63, 3.8) is 0 Å². The van der Waals surface area contributed by atoms with Gasteiger partial charge in [0.25, 0.3) is 0 Å². The Morgan fingerprint density at radius 3 is 2.33 bits per heavy atom. The lowest BCUT2D eigenvalue weighted by molar-refractivity contribution is 0.0910. The molecule has 0 spiro atoms. The maximum absolute atomic E-state index is 12.3. The number of aliphatic hydroxyl groups is 1. The first kappa shape index (κ1) is 19.4. The minimum atomic E-state index is -0.828. The normalized spacial score (nSPS) is 16.6. The lowest BCUT2D eigenvalue weighted by atomic mass is 10.0. The van der Waals surface area contributed by atoms with Crippen LogP contribution >= 0.6 is 0 Å². The number of hydrazine groups is 1. The second-order valence-electron chi connectivity index (χ2n) is 6.72. The molecule has 2 unspecified atom stereocenters. The molecule has 6 nitrogen and oxygen atoms in total. The molecule has 3 rings (SSSR count). The summed E-state index contributed by atoms with van der Waals surface area (Å²) in [5, 5.41) is 15.7. The fourth-order valence-electron chi connectivity index (χ4n) is 3.14. The number of amides is 1. The van der Waals surface area contributed by atoms with Crippen molar-refractivity contribution in [1.29, 1.82) is 0 Å². The van der Waals surface area contributed by atoms with Gasteiger partial charge in [0, 0.05) is 19.6 Å². The summed E-state index contributed by atoms with van der Waals surface area (Å²) in [5.74, 6) is 0. The average Bonchev–Trinajstić information content (AvgIpc) is 3.24. The topological polar surface area (TPSA) is 73.8 Å². The van der Waals surface area contributed by atoms with E-state index >= 15 is 0 Å². The van der Waals surface area contributed by atoms with E-state index in [1.165, 1.54) is 0 Å². The number of carbonyl (C=O) groups is 1. The van der Waals surface area contributed by atoms with Crippen LogP contribution in [0.2, 0.25) is 0 Å². The van der Waals surface area contributed by atoms with Crippen LogP contribution in [0.25, 0.3) is 0 Å². The smallest absolute Gasteiger partial charge is 0.407 e. The minimum absolute atomic E-state index is 0.195. The summed E-state index contributed by atoms with van der Waals surface area (Å²) in [5.41, 5.74) is 4.99. The molecule has 6 heteroatoms. The fraction of sp³-hybridized carbons (Fsp3) is 0.381. The number of rotatable bonds is 8. The second kappa shape index (κ2) is 10.1. The van der Waals surface area contributed by atoms with Crippen LogP contribution < -0.4 is 10.7 Å². The largest absolute Gasteiger partial charge is 0.445 e. The molecule has 1 aliphatic heterocycles. The van der Waals surface area contributed by atoms with Gasteiger partial charge in [-0.05, 0) is 24.0 Å². The molecule has 3 N–H and O–H groups in total. The Morgan fingerprint density at radius 2 is 1.67 bits per heavy atom. The third-order valence-corrected chi connectivity index (χ3v) is 4.68. The Kier molecular flexibility index (Phi) is 7.21. The highest BCUT2D eigenvalue weighted by atomic mass is 16.5. The van der Waals surface area contributed by atoms with Crippen molar-refractivity contribution in [3.8, 4) is 0 Å². The molecule has 0 bridgehead atoms. The van der Waals surface area contributed by atoms with Crippen LogP contribution in [0.1, 0.15) is 30.1 Å². The van der Waals surface area contributed by atoms with E-state index in [0.29, 0.717) is 6.54 Å². The van der Waals surface area contributed by atoms with Gasteiger partial charge in [-0.25, -0.2) is 9.80 Å². The molecule has 0 aliphatic carbocycles. The van der Waals surface area contributed by atoms with Crippen molar-refractivity contribution in [2.24, 2.45) is 0 Å². The maximum Gasteiger partial charge on any atom is 0.407 e. The monoisotopic (exact) mass is 369 g/mol. The fourth-order valence-corrected chi connectivity index (χ4v) is 3.14. The molecule has 0 radical (unpaired) electrons. The zero-order chi connectivity index (χ0) is 18.9. The number of ether oxygens (including phenoxy) is 1. The minimum Gasteiger partial charge on any atom is -0.445 e. The summed E-state index contributed by atoms with van der Waals surface area (Å²) in [4.78, 5) is 12.3. The number of benzene rings is 2. The Labute approximate surface area is 160 Å². The van der Waals surface area contributed by atoms with E-state index in [4.69, 9.17) is 4.74 Å². The van der Waals surface area contributed by atoms with E-state index in [1.807, 2.05) is 60.7 Å². The third-order valence-electron chi connectivity index (χ3n) is 4.68. The van der Waals surface area contributed by atoms with Crippen molar-refractivity contribution in [3.05, 3.63) is 71.8 Å². The predicted octanol–water partition coefficient (Wildman–Crippen LogP) is 2.62. The standard InChI is InChI=1S/C21H27N3O3/c25-20(18-11-5-2-6-12-18)19(15-22-24-13-7-8-14-24)23-21(26)27-16-17-9-3-1-4-10-17/h1-6,9-12,19-20,22,25H,7-8,13-16H2,(H,23,26). The molecule has 2 atom stereocenters. The average molecular weight is 369 g/mol. The van der Waals surface area contributed by atoms with Crippen LogP contribution in [0, 0.1) is 0 Å². The predicted molar refractivity (Wildman–Crippen MR) is 104 cm³/mol. The number of alkyl carbamates (subject to hydrolysis) is 1. The van der Waals surface area contributed by atoms with Crippen molar-refractivity contribution >= 4 is 6.09 Å². The zero-order valence-electron chi connectivity index (χ0n) is 15.4. The van der Waals surface area contributed by atoms with Crippen molar-refractivity contribution in [2.75, 3.05) is 19.6 Å². The quantitative estimate of drug-likeness (QED) is 0.667. The highest BCUT2D eigenvalue weighted by Crippen LogP contribution is 2.17. The lowest BCUT2D eigenvalue weighted by Gasteiger charge is -2.27. The van der Waals surface area contributed by atoms with Crippen LogP contribution in [-0.2, 0) is 11.3 Å². The highest BCUT2D eigenvalue weighted by molar-refractivity contribution is 5.67. The van der Waals surface area contributed by atoms with Gasteiger partial charge in [0.15, 0.2) is 0 Å². The van der Waals surface area contributed by atoms with Crippen LogP contribution in [0.5, 0.6) is 0 Å². The first-order chi connectivity index (χ1) is 13.2. The summed E-state index contributed by atoms with van der Waals surface area (Å²) in [6.45, 7) is 2.58. The Balaban J connectivity index is 1.58. The van der Waals surface area contributed by atoms with Gasteiger partial charge in [0.05, 0.1) is 6.04 Å². The summed E-state index contributed by atoms with van der Waals surface area (Å²) in [7, 11) is 0. The number of nitrogens with zero attached hydrogens (tertiary/aromatic N) is 1. The number of hydrogen-bond acceptors (Lipinski definition) is 5. The van der Waals surface area contributed by atoms with Crippen LogP contribution in [0.3, 0.4) is 0 Å². The first-order valence-corrected chi connectivity index (χ1v) is 9.41. The van der Waals surface area contributed by atoms with Crippen LogP contribution in [-0.4, -0.2) is 41.9 Å². The van der Waals surface area contributed by atoms with Crippen molar-refractivity contribution < 1.29 is 14.6 Å². The summed E-state index contributed by atoms with van der Waals surface area (Å²) in [6.07, 6.45) is 0.948. The van der Waals surface area contributed by atoms with Gasteiger partial charge in [0.1, 0.15) is 12.7 Å². The van der Waals surface area contributed by atoms with E-state index in [9.17, 15) is 9.90 Å². The Bertz CT molecular complexity index is 690. The van der Waals surface area contributed by atoms with Crippen molar-refractivity contribution in [2.45, 2.75) is 31.6 Å². The van der Waals surface area contributed by atoms with E-state index in [-0.39, 0.29) is 6.61 Å². The Hall–Kier alpha value is -2.41. The van der Waals surface area contributed by atoms with Gasteiger partial charge in [-0.1, -0.05) is 60.7 Å². The molecular weight excluding hydrogens is 342 g/mol. The van der Waals surface area contributed by atoms with Gasteiger partial charge in [0.2, 0.25) is 0 Å². The molecule has 0 aromatic heterocycles. The summed E-state index contributed by atoms with van der Waals surface area (Å²) >= 11 is 0. The molecule has 1 amide bonds. The molecule has 0 saturated carbocycles. The van der Waals surface area contributed by atoms with E-state index < -0.39 is 18.2 Å². The molecule has 2 aromatic rings. The van der Waals surface area contributed by atoms with Crippen LogP contribution in [0.4, 0.5) is 4.79 Å². The SMILES string of the molecule is O=C(NC(CNN1CCCC1)C(O)c1ccccc1)OCc1ccccc1. The molecule has 2 aromatic carbocycles. The number of nitrogens with one attached hydrogen (secondary N) is 2. The second-order valence-corrected chi connectivity index (χ2v) is 6.72. The molecule has 27 heavy (non-hydrogen) atoms. The first-order valence-electron chi connectivity index (χ1n) is 9.41. The molecule has 1 saturated heterocycles. The molecule has 1 aliphatic rings. The van der Waals surface area contributed by atoms with Crippen LogP contribution in [0.15, 0.2) is 60.7 Å². The van der Waals surface area contributed by atoms with Crippen molar-refractivity contribution in [1.82, 2.24) is 15.8 Å². The number of hydrogen-bond donors (Lipinski definition) is 3. The van der Waals surface area contributed by atoms with Gasteiger partial charge in [-0.3, -0.25) is 5.43 Å². The van der Waals surface area contributed by atoms with Gasteiger partial charge < -0.3 is 15.2 Å². The Morgan fingerprint density at radius 1 is 1.04 bits per heavy atom. The van der Waals surface area contributed by atoms with E-state index in [1.54, 1.807) is 0 Å². The lowest BCUT2D eigenvalue weighted by Crippen LogP contribution is -2.49. The number of carbonyl (C=O) groups excluding carboxylic acids is 1. The van der Waals surface area contributed by atoms with E-state index in [2.05, 4.69) is 15.8 Å².